The Balaban J connectivity index is 1.73. The van der Waals surface area contributed by atoms with Crippen LogP contribution in [0.5, 0.6) is 11.5 Å². The van der Waals surface area contributed by atoms with Gasteiger partial charge in [0.25, 0.3) is 0 Å². The third-order valence-corrected chi connectivity index (χ3v) is 4.62. The molecule has 0 aromatic heterocycles. The van der Waals surface area contributed by atoms with Gasteiger partial charge in [0.1, 0.15) is 11.9 Å². The molecule has 0 heterocycles. The van der Waals surface area contributed by atoms with Gasteiger partial charge in [-0.1, -0.05) is 31.9 Å². The molecule has 20 heavy (non-hydrogen) atoms. The molecule has 0 radical (unpaired) electrons. The molecule has 2 aliphatic carbocycles. The quantitative estimate of drug-likeness (QED) is 0.820. The number of hydrogen-bond donors (Lipinski definition) is 0. The molecule has 1 aromatic carbocycles. The molecule has 1 spiro atoms. The van der Waals surface area contributed by atoms with E-state index in [9.17, 15) is 4.79 Å². The third-order valence-electron chi connectivity index (χ3n) is 4.62. The second-order valence-corrected chi connectivity index (χ2v) is 5.89. The van der Waals surface area contributed by atoms with Crippen LogP contribution in [0.25, 0.3) is 0 Å². The minimum Gasteiger partial charge on any atom is -0.490 e. The Kier molecular flexibility index (Phi) is 3.68. The van der Waals surface area contributed by atoms with Crippen molar-refractivity contribution in [1.82, 2.24) is 0 Å². The van der Waals surface area contributed by atoms with Gasteiger partial charge in [-0.2, -0.15) is 0 Å². The average Bonchev–Trinajstić information content (AvgIpc) is 2.98. The molecule has 1 aromatic rings. The van der Waals surface area contributed by atoms with Crippen molar-refractivity contribution in [3.8, 4) is 11.5 Å². The van der Waals surface area contributed by atoms with Crippen LogP contribution in [0.15, 0.2) is 24.3 Å². The Bertz CT molecular complexity index is 489. The molecule has 0 aliphatic heterocycles. The Hall–Kier alpha value is -1.51. The highest BCUT2D eigenvalue weighted by Gasteiger charge is 2.57. The Morgan fingerprint density at radius 3 is 2.55 bits per heavy atom. The fourth-order valence-corrected chi connectivity index (χ4v) is 3.41. The molecule has 2 fully saturated rings. The van der Waals surface area contributed by atoms with Crippen LogP contribution in [0.3, 0.4) is 0 Å². The maximum atomic E-state index is 12.0. The van der Waals surface area contributed by atoms with Crippen LogP contribution in [0.2, 0.25) is 0 Å². The highest BCUT2D eigenvalue weighted by atomic mass is 16.5. The standard InChI is InChI=1S/C17H22O3/c1-2-11-19-13-7-3-4-8-14(13)20-16-12-15(18)17(16)9-5-6-10-17/h3-4,7-8,16H,2,5-6,9-12H2,1H3. The number of ether oxygens (including phenoxy) is 2. The van der Waals surface area contributed by atoms with E-state index in [0.717, 1.165) is 43.6 Å². The normalized spacial score (nSPS) is 23.6. The van der Waals surface area contributed by atoms with Crippen LogP contribution in [-0.4, -0.2) is 18.5 Å². The molecule has 0 saturated heterocycles. The number of para-hydroxylation sites is 2. The summed E-state index contributed by atoms with van der Waals surface area (Å²) in [6, 6.07) is 7.79. The van der Waals surface area contributed by atoms with Gasteiger partial charge in [0, 0.05) is 6.42 Å². The molecule has 2 aliphatic rings. The summed E-state index contributed by atoms with van der Waals surface area (Å²) < 4.78 is 11.9. The van der Waals surface area contributed by atoms with Gasteiger partial charge in [-0.3, -0.25) is 4.79 Å². The number of hydrogen-bond acceptors (Lipinski definition) is 3. The van der Waals surface area contributed by atoms with Crippen LogP contribution < -0.4 is 9.47 Å². The maximum Gasteiger partial charge on any atom is 0.161 e. The van der Waals surface area contributed by atoms with Crippen LogP contribution in [0.1, 0.15) is 45.4 Å². The highest BCUT2D eigenvalue weighted by molar-refractivity contribution is 5.92. The van der Waals surface area contributed by atoms with Crippen molar-refractivity contribution >= 4 is 5.78 Å². The Labute approximate surface area is 120 Å². The lowest BCUT2D eigenvalue weighted by Crippen LogP contribution is -2.55. The zero-order chi connectivity index (χ0) is 14.0. The van der Waals surface area contributed by atoms with E-state index in [1.807, 2.05) is 24.3 Å². The molecule has 1 unspecified atom stereocenters. The number of ketones is 1. The zero-order valence-corrected chi connectivity index (χ0v) is 12.1. The molecular formula is C17H22O3. The largest absolute Gasteiger partial charge is 0.490 e. The van der Waals surface area contributed by atoms with Gasteiger partial charge < -0.3 is 9.47 Å². The van der Waals surface area contributed by atoms with Gasteiger partial charge in [-0.15, -0.1) is 0 Å². The van der Waals surface area contributed by atoms with Gasteiger partial charge >= 0.3 is 0 Å². The van der Waals surface area contributed by atoms with Crippen LogP contribution in [-0.2, 0) is 4.79 Å². The summed E-state index contributed by atoms with van der Waals surface area (Å²) in [5.41, 5.74) is -0.183. The van der Waals surface area contributed by atoms with E-state index in [4.69, 9.17) is 9.47 Å². The first kappa shape index (κ1) is 13.5. The molecule has 1 atom stereocenters. The van der Waals surface area contributed by atoms with Gasteiger partial charge in [0.2, 0.25) is 0 Å². The summed E-state index contributed by atoms with van der Waals surface area (Å²) in [5.74, 6) is 1.97. The lowest BCUT2D eigenvalue weighted by molar-refractivity contribution is -0.151. The number of benzene rings is 1. The van der Waals surface area contributed by atoms with E-state index in [1.165, 1.54) is 0 Å². The highest BCUT2D eigenvalue weighted by Crippen LogP contribution is 2.52. The SMILES string of the molecule is CCCOc1ccccc1OC1CC(=O)C12CCCC2. The van der Waals surface area contributed by atoms with E-state index in [-0.39, 0.29) is 11.5 Å². The number of rotatable bonds is 5. The molecule has 108 valence electrons. The predicted octanol–water partition coefficient (Wildman–Crippen LogP) is 3.76. The molecule has 3 rings (SSSR count). The summed E-state index contributed by atoms with van der Waals surface area (Å²) in [5, 5.41) is 0. The first-order valence-corrected chi connectivity index (χ1v) is 7.68. The summed E-state index contributed by atoms with van der Waals surface area (Å²) in [4.78, 5) is 12.0. The third kappa shape index (κ3) is 2.19. The summed E-state index contributed by atoms with van der Waals surface area (Å²) >= 11 is 0. The predicted molar refractivity (Wildman–Crippen MR) is 77.2 cm³/mol. The number of Topliss-reactive ketones (excluding diaryl/α,β-unsaturated/α-hetero) is 1. The molecule has 0 amide bonds. The number of carbonyl (C=O) groups is 1. The van der Waals surface area contributed by atoms with Crippen molar-refractivity contribution in [2.45, 2.75) is 51.6 Å². The van der Waals surface area contributed by atoms with E-state index >= 15 is 0 Å². The van der Waals surface area contributed by atoms with Crippen LogP contribution >= 0.6 is 0 Å². The van der Waals surface area contributed by atoms with Gasteiger partial charge in [0.05, 0.1) is 12.0 Å². The van der Waals surface area contributed by atoms with Gasteiger partial charge in [-0.25, -0.2) is 0 Å². The second-order valence-electron chi connectivity index (χ2n) is 5.89. The fourth-order valence-electron chi connectivity index (χ4n) is 3.41. The maximum absolute atomic E-state index is 12.0. The molecular weight excluding hydrogens is 252 g/mol. The number of carbonyl (C=O) groups excluding carboxylic acids is 1. The smallest absolute Gasteiger partial charge is 0.161 e. The molecule has 2 saturated carbocycles. The zero-order valence-electron chi connectivity index (χ0n) is 12.1. The average molecular weight is 274 g/mol. The first-order valence-electron chi connectivity index (χ1n) is 7.68. The molecule has 0 bridgehead atoms. The van der Waals surface area contributed by atoms with E-state index < -0.39 is 0 Å². The lowest BCUT2D eigenvalue weighted by atomic mass is 9.63. The van der Waals surface area contributed by atoms with Crippen molar-refractivity contribution in [3.63, 3.8) is 0 Å². The summed E-state index contributed by atoms with van der Waals surface area (Å²) in [7, 11) is 0. The van der Waals surface area contributed by atoms with Gasteiger partial charge in [-0.05, 0) is 31.4 Å². The van der Waals surface area contributed by atoms with Crippen molar-refractivity contribution in [3.05, 3.63) is 24.3 Å². The van der Waals surface area contributed by atoms with E-state index in [1.54, 1.807) is 0 Å². The first-order chi connectivity index (χ1) is 9.76. The van der Waals surface area contributed by atoms with E-state index in [2.05, 4.69) is 6.92 Å². The van der Waals surface area contributed by atoms with Crippen molar-refractivity contribution < 1.29 is 14.3 Å². The van der Waals surface area contributed by atoms with Gasteiger partial charge in [0.15, 0.2) is 11.5 Å². The Morgan fingerprint density at radius 1 is 1.20 bits per heavy atom. The summed E-state index contributed by atoms with van der Waals surface area (Å²) in [6.45, 7) is 2.77. The molecule has 0 N–H and O–H groups in total. The van der Waals surface area contributed by atoms with Crippen molar-refractivity contribution in [2.75, 3.05) is 6.61 Å². The van der Waals surface area contributed by atoms with Crippen LogP contribution in [0.4, 0.5) is 0 Å². The van der Waals surface area contributed by atoms with E-state index in [0.29, 0.717) is 18.8 Å². The topological polar surface area (TPSA) is 35.5 Å². The second kappa shape index (κ2) is 5.47. The minimum absolute atomic E-state index is 0.0453. The van der Waals surface area contributed by atoms with Crippen LogP contribution in [0, 0.1) is 5.41 Å². The fraction of sp³-hybridized carbons (Fsp3) is 0.588. The molecule has 3 nitrogen and oxygen atoms in total. The van der Waals surface area contributed by atoms with Crippen molar-refractivity contribution in [2.24, 2.45) is 5.41 Å². The summed E-state index contributed by atoms with van der Waals surface area (Å²) in [6.07, 6.45) is 5.87. The molecule has 3 heteroatoms. The minimum atomic E-state index is -0.183. The lowest BCUT2D eigenvalue weighted by Gasteiger charge is -2.44. The van der Waals surface area contributed by atoms with Crippen molar-refractivity contribution in [1.29, 1.82) is 0 Å². The monoisotopic (exact) mass is 274 g/mol. The Morgan fingerprint density at radius 2 is 1.90 bits per heavy atom.